The number of benzene rings is 2. The largest absolute Gasteiger partial charge is 0.236 e. The summed E-state index contributed by atoms with van der Waals surface area (Å²) in [5, 5.41) is -0.0674. The van der Waals surface area contributed by atoms with Gasteiger partial charge >= 0.3 is 0 Å². The highest BCUT2D eigenvalue weighted by molar-refractivity contribution is 7.79. The first kappa shape index (κ1) is 16.9. The molecule has 0 bridgehead atoms. The Balaban J connectivity index is 2.29. The van der Waals surface area contributed by atoms with Crippen molar-refractivity contribution in [2.45, 2.75) is 0 Å². The fraction of sp³-hybridized carbons (Fsp3) is 0. The Bertz CT molecular complexity index is 852. The van der Waals surface area contributed by atoms with Crippen LogP contribution in [0, 0.1) is 23.3 Å². The third-order valence-electron chi connectivity index (χ3n) is 3.27. The van der Waals surface area contributed by atoms with Crippen LogP contribution in [0.5, 0.6) is 0 Å². The first-order valence-corrected chi connectivity index (χ1v) is 8.51. The Morgan fingerprint density at radius 1 is 0.708 bits per heavy atom. The number of hydrogen-bond acceptors (Lipinski definition) is 1. The SMILES string of the molecule is Fc1cccc(P(c2cccc(Cl)n2)c2cccc(F)c2F)c1F. The van der Waals surface area contributed by atoms with Crippen molar-refractivity contribution in [2.75, 3.05) is 0 Å². The van der Waals surface area contributed by atoms with E-state index in [1.54, 1.807) is 6.07 Å². The van der Waals surface area contributed by atoms with E-state index in [9.17, 15) is 17.6 Å². The van der Waals surface area contributed by atoms with Crippen LogP contribution in [-0.4, -0.2) is 4.98 Å². The summed E-state index contributed by atoms with van der Waals surface area (Å²) in [5.41, 5.74) is 0.242. The van der Waals surface area contributed by atoms with Crippen LogP contribution in [0.15, 0.2) is 54.6 Å². The monoisotopic (exact) mass is 369 g/mol. The third-order valence-corrected chi connectivity index (χ3v) is 5.85. The number of halogens is 5. The fourth-order valence-electron chi connectivity index (χ4n) is 2.23. The van der Waals surface area contributed by atoms with E-state index in [0.717, 1.165) is 12.1 Å². The highest BCUT2D eigenvalue weighted by Crippen LogP contribution is 2.35. The van der Waals surface area contributed by atoms with Gasteiger partial charge in [0, 0.05) is 18.5 Å². The number of aromatic nitrogens is 1. The van der Waals surface area contributed by atoms with Crippen LogP contribution in [0.4, 0.5) is 17.6 Å². The topological polar surface area (TPSA) is 12.9 Å². The lowest BCUT2D eigenvalue weighted by Crippen LogP contribution is -2.27. The van der Waals surface area contributed by atoms with Crippen LogP contribution in [0.3, 0.4) is 0 Å². The Kier molecular flexibility index (Phi) is 4.83. The molecule has 1 heterocycles. The Labute approximate surface area is 141 Å². The first-order valence-electron chi connectivity index (χ1n) is 6.79. The molecule has 0 amide bonds. The van der Waals surface area contributed by atoms with Gasteiger partial charge in [-0.15, -0.1) is 0 Å². The Morgan fingerprint density at radius 2 is 1.21 bits per heavy atom. The van der Waals surface area contributed by atoms with Crippen molar-refractivity contribution in [2.24, 2.45) is 0 Å². The standard InChI is InChI=1S/C17H9ClF4NP/c18-14-8-3-9-15(23-14)24(12-6-1-4-10(19)16(12)21)13-7-2-5-11(20)17(13)22/h1-9H. The molecule has 0 radical (unpaired) electrons. The van der Waals surface area contributed by atoms with E-state index in [4.69, 9.17) is 11.6 Å². The smallest absolute Gasteiger partial charge is 0.167 e. The van der Waals surface area contributed by atoms with E-state index in [2.05, 4.69) is 4.98 Å². The number of hydrogen-bond donors (Lipinski definition) is 0. The zero-order chi connectivity index (χ0) is 17.3. The predicted molar refractivity (Wildman–Crippen MR) is 87.8 cm³/mol. The highest BCUT2D eigenvalue weighted by Gasteiger charge is 2.27. The van der Waals surface area contributed by atoms with Crippen molar-refractivity contribution in [1.82, 2.24) is 4.98 Å². The minimum absolute atomic E-state index is 0.0933. The molecule has 1 nitrogen and oxygen atoms in total. The second-order valence-electron chi connectivity index (χ2n) is 4.80. The van der Waals surface area contributed by atoms with Crippen molar-refractivity contribution in [3.05, 3.63) is 83.0 Å². The van der Waals surface area contributed by atoms with Gasteiger partial charge in [0.15, 0.2) is 23.3 Å². The van der Waals surface area contributed by atoms with Crippen molar-refractivity contribution in [3.8, 4) is 0 Å². The second-order valence-corrected chi connectivity index (χ2v) is 7.28. The van der Waals surface area contributed by atoms with Gasteiger partial charge in [-0.1, -0.05) is 41.9 Å². The van der Waals surface area contributed by atoms with Crippen LogP contribution in [-0.2, 0) is 0 Å². The molecule has 0 saturated carbocycles. The zero-order valence-electron chi connectivity index (χ0n) is 12.0. The summed E-state index contributed by atoms with van der Waals surface area (Å²) in [6.07, 6.45) is 0. The maximum absolute atomic E-state index is 14.3. The van der Waals surface area contributed by atoms with Crippen molar-refractivity contribution in [3.63, 3.8) is 0 Å². The second kappa shape index (κ2) is 6.88. The van der Waals surface area contributed by atoms with Gasteiger partial charge in [0.2, 0.25) is 0 Å². The number of nitrogens with zero attached hydrogens (tertiary/aromatic N) is 1. The fourth-order valence-corrected chi connectivity index (χ4v) is 4.72. The predicted octanol–water partition coefficient (Wildman–Crippen LogP) is 4.05. The molecule has 0 atom stereocenters. The quantitative estimate of drug-likeness (QED) is 0.385. The molecule has 0 fully saturated rings. The van der Waals surface area contributed by atoms with Crippen molar-refractivity contribution < 1.29 is 17.6 Å². The van der Waals surface area contributed by atoms with E-state index in [1.165, 1.54) is 36.4 Å². The molecule has 1 aromatic heterocycles. The molecule has 24 heavy (non-hydrogen) atoms. The molecule has 0 unspecified atom stereocenters. The summed E-state index contributed by atoms with van der Waals surface area (Å²) in [4.78, 5) is 4.08. The van der Waals surface area contributed by atoms with Gasteiger partial charge in [-0.2, -0.15) is 0 Å². The van der Waals surface area contributed by atoms with Gasteiger partial charge in [0.1, 0.15) is 5.15 Å². The van der Waals surface area contributed by atoms with E-state index >= 15 is 0 Å². The number of rotatable bonds is 3. The lowest BCUT2D eigenvalue weighted by atomic mass is 10.3. The molecule has 0 spiro atoms. The van der Waals surface area contributed by atoms with E-state index in [-0.39, 0.29) is 21.2 Å². The highest BCUT2D eigenvalue weighted by atomic mass is 35.5. The molecule has 0 saturated heterocycles. The van der Waals surface area contributed by atoms with Crippen LogP contribution in [0.25, 0.3) is 0 Å². The molecule has 122 valence electrons. The molecule has 3 rings (SSSR count). The minimum Gasteiger partial charge on any atom is -0.236 e. The van der Waals surface area contributed by atoms with Gasteiger partial charge < -0.3 is 0 Å². The third kappa shape index (κ3) is 3.14. The zero-order valence-corrected chi connectivity index (χ0v) is 13.6. The summed E-state index contributed by atoms with van der Waals surface area (Å²) in [6.45, 7) is 0. The maximum Gasteiger partial charge on any atom is 0.167 e. The van der Waals surface area contributed by atoms with Gasteiger partial charge in [-0.3, -0.25) is 0 Å². The lowest BCUT2D eigenvalue weighted by Gasteiger charge is -2.19. The van der Waals surface area contributed by atoms with E-state index in [1.807, 2.05) is 0 Å². The molecule has 0 aliphatic rings. The van der Waals surface area contributed by atoms with Gasteiger partial charge in [0.25, 0.3) is 0 Å². The molecule has 3 aromatic rings. The number of pyridine rings is 1. The first-order chi connectivity index (χ1) is 11.5. The molecule has 0 aliphatic carbocycles. The van der Waals surface area contributed by atoms with Crippen LogP contribution in [0.1, 0.15) is 0 Å². The van der Waals surface area contributed by atoms with Gasteiger partial charge in [-0.25, -0.2) is 22.5 Å². The summed E-state index contributed by atoms with van der Waals surface area (Å²) < 4.78 is 55.9. The lowest BCUT2D eigenvalue weighted by molar-refractivity contribution is 0.513. The van der Waals surface area contributed by atoms with Crippen molar-refractivity contribution >= 4 is 35.6 Å². The molecular formula is C17H9ClF4NP. The summed E-state index contributed by atoms with van der Waals surface area (Å²) in [5.74, 6) is -4.37. The summed E-state index contributed by atoms with van der Waals surface area (Å²) in [6, 6.07) is 11.8. The molecule has 2 aromatic carbocycles. The van der Waals surface area contributed by atoms with Gasteiger partial charge in [-0.05, 0) is 24.3 Å². The van der Waals surface area contributed by atoms with Crippen LogP contribution >= 0.6 is 19.5 Å². The average Bonchev–Trinajstić information content (AvgIpc) is 2.56. The Morgan fingerprint density at radius 3 is 1.71 bits per heavy atom. The van der Waals surface area contributed by atoms with E-state index < -0.39 is 31.2 Å². The summed E-state index contributed by atoms with van der Waals surface area (Å²) >= 11 is 5.87. The minimum atomic E-state index is -1.96. The molecule has 0 N–H and O–H groups in total. The summed E-state index contributed by atoms with van der Waals surface area (Å²) in [7, 11) is -1.96. The maximum atomic E-state index is 14.3. The molecular weight excluding hydrogens is 361 g/mol. The van der Waals surface area contributed by atoms with Crippen LogP contribution < -0.4 is 16.0 Å². The van der Waals surface area contributed by atoms with E-state index in [0.29, 0.717) is 0 Å². The molecule has 7 heteroatoms. The molecule has 0 aliphatic heterocycles. The van der Waals surface area contributed by atoms with Crippen LogP contribution in [0.2, 0.25) is 5.15 Å². The Hall–Kier alpha value is -1.97. The average molecular weight is 370 g/mol. The normalized spacial score (nSPS) is 11.1. The van der Waals surface area contributed by atoms with Crippen molar-refractivity contribution in [1.29, 1.82) is 0 Å². The van der Waals surface area contributed by atoms with Gasteiger partial charge in [0.05, 0.1) is 5.44 Å².